The van der Waals surface area contributed by atoms with Gasteiger partial charge in [0.2, 0.25) is 15.9 Å². The molecule has 3 aromatic rings. The molecule has 156 valence electrons. The zero-order valence-corrected chi connectivity index (χ0v) is 18.7. The van der Waals surface area contributed by atoms with Crippen molar-refractivity contribution < 1.29 is 13.2 Å². The Hall–Kier alpha value is -1.95. The number of benzene rings is 1. The fourth-order valence-electron chi connectivity index (χ4n) is 2.92. The minimum absolute atomic E-state index is 0.0518. The van der Waals surface area contributed by atoms with Crippen molar-refractivity contribution in [2.24, 2.45) is 10.9 Å². The highest BCUT2D eigenvalue weighted by Crippen LogP contribution is 2.31. The number of rotatable bonds is 9. The first-order valence-corrected chi connectivity index (χ1v) is 12.4. The molecule has 0 saturated carbocycles. The van der Waals surface area contributed by atoms with E-state index >= 15 is 0 Å². The second-order valence-corrected chi connectivity index (χ2v) is 10.5. The van der Waals surface area contributed by atoms with Crippen LogP contribution in [-0.4, -0.2) is 28.9 Å². The number of hydrogen-bond acceptors (Lipinski definition) is 7. The second kappa shape index (κ2) is 8.82. The Balaban J connectivity index is 1.90. The predicted octanol–water partition coefficient (Wildman–Crippen LogP) is 2.57. The van der Waals surface area contributed by atoms with Gasteiger partial charge in [0.25, 0.3) is 0 Å². The first-order valence-electron chi connectivity index (χ1n) is 9.08. The number of amides is 1. The Kier molecular flexibility index (Phi) is 6.62. The topological polar surface area (TPSA) is 134 Å². The number of fused-ring (bicyclic) bond motifs is 1. The van der Waals surface area contributed by atoms with Gasteiger partial charge in [-0.25, -0.2) is 23.5 Å². The number of aryl methyl sites for hydroxylation is 2. The number of hydrogen-bond donors (Lipinski definition) is 2. The summed E-state index contributed by atoms with van der Waals surface area (Å²) in [4.78, 5) is 21.3. The highest BCUT2D eigenvalue weighted by atomic mass is 32.2. The van der Waals surface area contributed by atoms with Crippen LogP contribution in [-0.2, 0) is 33.5 Å². The van der Waals surface area contributed by atoms with Gasteiger partial charge in [-0.15, -0.1) is 11.3 Å². The average molecular weight is 454 g/mol. The fourth-order valence-corrected chi connectivity index (χ4v) is 5.65. The smallest absolute Gasteiger partial charge is 0.238 e. The van der Waals surface area contributed by atoms with E-state index in [1.165, 1.54) is 35.2 Å². The van der Waals surface area contributed by atoms with Crippen LogP contribution in [0.3, 0.4) is 0 Å². The van der Waals surface area contributed by atoms with Gasteiger partial charge in [0.15, 0.2) is 4.34 Å². The quantitative estimate of drug-likeness (QED) is 0.478. The molecule has 8 nitrogen and oxygen atoms in total. The van der Waals surface area contributed by atoms with Crippen LogP contribution in [0.5, 0.6) is 0 Å². The van der Waals surface area contributed by atoms with Crippen molar-refractivity contribution in [2.45, 2.75) is 54.6 Å². The SMILES string of the molecule is CCCCn1c(CSc2nc(C)c(CC(N)=O)s2)nc2cc(S(N)(=O)=O)ccc21. The first-order chi connectivity index (χ1) is 13.7. The number of unbranched alkanes of at least 4 members (excludes halogenated alkanes) is 1. The summed E-state index contributed by atoms with van der Waals surface area (Å²) in [6.07, 6.45) is 2.21. The van der Waals surface area contributed by atoms with E-state index in [0.717, 1.165) is 45.6 Å². The maximum atomic E-state index is 11.7. The van der Waals surface area contributed by atoms with Crippen LogP contribution in [0, 0.1) is 6.92 Å². The number of primary amides is 1. The van der Waals surface area contributed by atoms with E-state index in [-0.39, 0.29) is 17.2 Å². The summed E-state index contributed by atoms with van der Waals surface area (Å²) in [5, 5.41) is 5.25. The predicted molar refractivity (Wildman–Crippen MR) is 115 cm³/mol. The lowest BCUT2D eigenvalue weighted by Gasteiger charge is -2.08. The molecule has 0 aliphatic rings. The normalized spacial score (nSPS) is 12.0. The van der Waals surface area contributed by atoms with Crippen LogP contribution in [0.4, 0.5) is 0 Å². The molecule has 0 spiro atoms. The van der Waals surface area contributed by atoms with Gasteiger partial charge in [0, 0.05) is 11.4 Å². The number of carbonyl (C=O) groups excluding carboxylic acids is 1. The molecule has 2 aromatic heterocycles. The first kappa shape index (κ1) is 21.8. The number of imidazole rings is 1. The molecule has 3 rings (SSSR count). The van der Waals surface area contributed by atoms with Gasteiger partial charge in [-0.05, 0) is 31.5 Å². The van der Waals surface area contributed by atoms with Crippen LogP contribution >= 0.6 is 23.1 Å². The number of aromatic nitrogens is 3. The standard InChI is InChI=1S/C18H23N5O3S3/c1-3-4-7-23-14-6-5-12(29(20,25)26)8-13(14)22-17(23)10-27-18-21-11(2)15(28-18)9-16(19)24/h5-6,8H,3-4,7,9-10H2,1-2H3,(H2,19,24)(H2,20,25,26). The molecule has 0 saturated heterocycles. The fraction of sp³-hybridized carbons (Fsp3) is 0.389. The van der Waals surface area contributed by atoms with Crippen molar-refractivity contribution in [3.8, 4) is 0 Å². The molecule has 0 aliphatic carbocycles. The van der Waals surface area contributed by atoms with Gasteiger partial charge in [0.05, 0.1) is 33.8 Å². The maximum absolute atomic E-state index is 11.7. The van der Waals surface area contributed by atoms with Crippen molar-refractivity contribution >= 4 is 50.1 Å². The Morgan fingerprint density at radius 2 is 2.07 bits per heavy atom. The molecule has 0 aliphatic heterocycles. The van der Waals surface area contributed by atoms with Gasteiger partial charge in [-0.1, -0.05) is 25.1 Å². The van der Waals surface area contributed by atoms with Crippen molar-refractivity contribution in [1.29, 1.82) is 0 Å². The minimum atomic E-state index is -3.78. The van der Waals surface area contributed by atoms with Gasteiger partial charge in [-0.3, -0.25) is 4.79 Å². The Morgan fingerprint density at radius 3 is 2.72 bits per heavy atom. The molecular formula is C18H23N5O3S3. The Bertz CT molecular complexity index is 1150. The number of sulfonamides is 1. The van der Waals surface area contributed by atoms with Crippen LogP contribution in [0.2, 0.25) is 0 Å². The van der Waals surface area contributed by atoms with Crippen LogP contribution < -0.4 is 10.9 Å². The van der Waals surface area contributed by atoms with Crippen LogP contribution in [0.1, 0.15) is 36.2 Å². The summed E-state index contributed by atoms with van der Waals surface area (Å²) in [5.41, 5.74) is 7.59. The number of thioether (sulfide) groups is 1. The molecule has 0 atom stereocenters. The second-order valence-electron chi connectivity index (χ2n) is 6.65. The molecule has 2 heterocycles. The van der Waals surface area contributed by atoms with E-state index in [2.05, 4.69) is 21.5 Å². The molecule has 1 aromatic carbocycles. The highest BCUT2D eigenvalue weighted by Gasteiger charge is 2.16. The van der Waals surface area contributed by atoms with E-state index in [1.54, 1.807) is 6.07 Å². The molecule has 1 amide bonds. The Labute approximate surface area is 177 Å². The number of thiazole rings is 1. The van der Waals surface area contributed by atoms with Gasteiger partial charge < -0.3 is 10.3 Å². The van der Waals surface area contributed by atoms with Crippen LogP contribution in [0.25, 0.3) is 11.0 Å². The summed E-state index contributed by atoms with van der Waals surface area (Å²) in [6.45, 7) is 4.77. The van der Waals surface area contributed by atoms with E-state index in [0.29, 0.717) is 11.3 Å². The van der Waals surface area contributed by atoms with E-state index in [9.17, 15) is 13.2 Å². The molecule has 29 heavy (non-hydrogen) atoms. The summed E-state index contributed by atoms with van der Waals surface area (Å²) in [7, 11) is -3.78. The molecule has 0 fully saturated rings. The summed E-state index contributed by atoms with van der Waals surface area (Å²) < 4.78 is 26.3. The van der Waals surface area contributed by atoms with Crippen LogP contribution in [0.15, 0.2) is 27.4 Å². The van der Waals surface area contributed by atoms with E-state index in [4.69, 9.17) is 10.9 Å². The van der Waals surface area contributed by atoms with Gasteiger partial charge in [-0.2, -0.15) is 0 Å². The van der Waals surface area contributed by atoms with Crippen molar-refractivity contribution in [1.82, 2.24) is 14.5 Å². The lowest BCUT2D eigenvalue weighted by molar-refractivity contribution is -0.117. The summed E-state index contributed by atoms with van der Waals surface area (Å²) >= 11 is 3.00. The minimum Gasteiger partial charge on any atom is -0.369 e. The van der Waals surface area contributed by atoms with E-state index < -0.39 is 10.0 Å². The zero-order valence-electron chi connectivity index (χ0n) is 16.2. The molecule has 0 unspecified atom stereocenters. The maximum Gasteiger partial charge on any atom is 0.238 e. The summed E-state index contributed by atoms with van der Waals surface area (Å²) in [6, 6.07) is 4.78. The van der Waals surface area contributed by atoms with Crippen molar-refractivity contribution in [2.75, 3.05) is 0 Å². The van der Waals surface area contributed by atoms with Crippen molar-refractivity contribution in [3.05, 3.63) is 34.6 Å². The van der Waals surface area contributed by atoms with Gasteiger partial charge >= 0.3 is 0 Å². The third kappa shape index (κ3) is 5.16. The number of carbonyl (C=O) groups is 1. The van der Waals surface area contributed by atoms with E-state index in [1.807, 2.05) is 6.92 Å². The molecule has 4 N–H and O–H groups in total. The Morgan fingerprint density at radius 1 is 1.31 bits per heavy atom. The van der Waals surface area contributed by atoms with Gasteiger partial charge in [0.1, 0.15) is 5.82 Å². The molecule has 0 radical (unpaired) electrons. The monoisotopic (exact) mass is 453 g/mol. The lowest BCUT2D eigenvalue weighted by atomic mass is 10.3. The highest BCUT2D eigenvalue weighted by molar-refractivity contribution is 8.00. The lowest BCUT2D eigenvalue weighted by Crippen LogP contribution is -2.13. The third-order valence-corrected chi connectivity index (χ3v) is 7.60. The average Bonchev–Trinajstić information content (AvgIpc) is 3.16. The number of nitrogens with zero attached hydrogens (tertiary/aromatic N) is 3. The number of primary sulfonamides is 1. The number of nitrogens with two attached hydrogens (primary N) is 2. The largest absolute Gasteiger partial charge is 0.369 e. The molecular weight excluding hydrogens is 430 g/mol. The molecule has 11 heteroatoms. The van der Waals surface area contributed by atoms with Crippen molar-refractivity contribution in [3.63, 3.8) is 0 Å². The summed E-state index contributed by atoms with van der Waals surface area (Å²) in [5.74, 6) is 1.04. The third-order valence-electron chi connectivity index (χ3n) is 4.40. The molecule has 0 bridgehead atoms. The zero-order chi connectivity index (χ0) is 21.2.